The maximum atomic E-state index is 12.3. The molecule has 0 saturated carbocycles. The largest absolute Gasteiger partial charge is 0.332 e. The summed E-state index contributed by atoms with van der Waals surface area (Å²) in [6, 6.07) is 3.46. The molecule has 25 heavy (non-hydrogen) atoms. The Morgan fingerprint density at radius 2 is 1.96 bits per heavy atom. The molecule has 3 heterocycles. The van der Waals surface area contributed by atoms with Gasteiger partial charge in [0.1, 0.15) is 12.4 Å². The van der Waals surface area contributed by atoms with E-state index in [1.165, 1.54) is 29.6 Å². The molecule has 0 aromatic carbocycles. The number of imidazole rings is 1. The molecular formula is C15H15BrN6O3. The number of nitrogens with one attached hydrogen (secondary N) is 1. The minimum atomic E-state index is -0.499. The van der Waals surface area contributed by atoms with Crippen LogP contribution in [0.1, 0.15) is 5.69 Å². The second-order valence-corrected chi connectivity index (χ2v) is 6.42. The lowest BCUT2D eigenvalue weighted by Gasteiger charge is -2.08. The Balaban J connectivity index is 1.93. The fourth-order valence-electron chi connectivity index (χ4n) is 2.47. The summed E-state index contributed by atoms with van der Waals surface area (Å²) in [5.41, 5.74) is 0.204. The zero-order chi connectivity index (χ0) is 18.3. The van der Waals surface area contributed by atoms with Crippen LogP contribution in [0.25, 0.3) is 11.2 Å². The molecule has 130 valence electrons. The fraction of sp³-hybridized carbons (Fsp3) is 0.267. The Labute approximate surface area is 150 Å². The Hall–Kier alpha value is -2.75. The molecule has 10 heteroatoms. The van der Waals surface area contributed by atoms with E-state index < -0.39 is 11.2 Å². The van der Waals surface area contributed by atoms with Crippen molar-refractivity contribution in [1.29, 1.82) is 0 Å². The van der Waals surface area contributed by atoms with Crippen LogP contribution in [0.3, 0.4) is 0 Å². The molecule has 0 atom stereocenters. The Morgan fingerprint density at radius 3 is 2.64 bits per heavy atom. The number of nitrogens with zero attached hydrogens (tertiary/aromatic N) is 5. The van der Waals surface area contributed by atoms with Crippen LogP contribution in [0.4, 0.5) is 5.82 Å². The van der Waals surface area contributed by atoms with Crippen LogP contribution in [0.15, 0.2) is 32.5 Å². The van der Waals surface area contributed by atoms with Crippen molar-refractivity contribution in [2.75, 3.05) is 5.32 Å². The van der Waals surface area contributed by atoms with Gasteiger partial charge in [0.25, 0.3) is 5.56 Å². The highest BCUT2D eigenvalue weighted by Gasteiger charge is 2.16. The van der Waals surface area contributed by atoms with E-state index in [9.17, 15) is 14.4 Å². The standard InChI is InChI=1S/C15H15BrN6O3/c1-8-9(16)4-5-10(18-8)19-11(23)6-22-7-17-13-12(22)14(24)21(3)15(25)20(13)2/h4-5,7H,6H2,1-3H3,(H,18,19,23). The van der Waals surface area contributed by atoms with E-state index in [0.29, 0.717) is 5.82 Å². The Kier molecular flexibility index (Phi) is 4.29. The van der Waals surface area contributed by atoms with Gasteiger partial charge in [-0.2, -0.15) is 0 Å². The predicted molar refractivity (Wildman–Crippen MR) is 95.5 cm³/mol. The topological polar surface area (TPSA) is 104 Å². The second kappa shape index (κ2) is 6.28. The number of rotatable bonds is 3. The van der Waals surface area contributed by atoms with Gasteiger partial charge in [-0.15, -0.1) is 0 Å². The lowest BCUT2D eigenvalue weighted by Crippen LogP contribution is -2.37. The summed E-state index contributed by atoms with van der Waals surface area (Å²) in [5, 5.41) is 2.68. The molecular weight excluding hydrogens is 392 g/mol. The number of carbonyl (C=O) groups is 1. The summed E-state index contributed by atoms with van der Waals surface area (Å²) in [4.78, 5) is 44.9. The first-order valence-electron chi connectivity index (χ1n) is 7.33. The summed E-state index contributed by atoms with van der Waals surface area (Å²) in [6.45, 7) is 1.69. The van der Waals surface area contributed by atoms with E-state index >= 15 is 0 Å². The van der Waals surface area contributed by atoms with Crippen LogP contribution in [0.2, 0.25) is 0 Å². The molecule has 1 amide bonds. The van der Waals surface area contributed by atoms with Gasteiger partial charge >= 0.3 is 5.69 Å². The van der Waals surface area contributed by atoms with Gasteiger partial charge in [0.15, 0.2) is 11.2 Å². The van der Waals surface area contributed by atoms with Gasteiger partial charge in [-0.25, -0.2) is 14.8 Å². The summed E-state index contributed by atoms with van der Waals surface area (Å²) in [5.74, 6) is 0.0554. The molecule has 0 aliphatic carbocycles. The average Bonchev–Trinajstić information content (AvgIpc) is 2.98. The average molecular weight is 407 g/mol. The van der Waals surface area contributed by atoms with Crippen molar-refractivity contribution in [2.45, 2.75) is 13.5 Å². The Bertz CT molecular complexity index is 1110. The highest BCUT2D eigenvalue weighted by molar-refractivity contribution is 9.10. The highest BCUT2D eigenvalue weighted by Crippen LogP contribution is 2.16. The van der Waals surface area contributed by atoms with Crippen molar-refractivity contribution in [3.63, 3.8) is 0 Å². The number of halogens is 1. The van der Waals surface area contributed by atoms with E-state index in [0.717, 1.165) is 14.7 Å². The molecule has 9 nitrogen and oxygen atoms in total. The number of fused-ring (bicyclic) bond motifs is 1. The zero-order valence-corrected chi connectivity index (χ0v) is 15.4. The number of carbonyl (C=O) groups excluding carboxylic acids is 1. The van der Waals surface area contributed by atoms with Crippen LogP contribution < -0.4 is 16.6 Å². The monoisotopic (exact) mass is 406 g/mol. The van der Waals surface area contributed by atoms with Gasteiger partial charge in [-0.3, -0.25) is 18.7 Å². The van der Waals surface area contributed by atoms with Crippen LogP contribution in [-0.4, -0.2) is 29.6 Å². The highest BCUT2D eigenvalue weighted by atomic mass is 79.9. The molecule has 0 fully saturated rings. The number of anilines is 1. The van der Waals surface area contributed by atoms with Crippen molar-refractivity contribution in [3.8, 4) is 0 Å². The first kappa shape index (κ1) is 17.1. The van der Waals surface area contributed by atoms with Gasteiger partial charge < -0.3 is 9.88 Å². The quantitative estimate of drug-likeness (QED) is 0.683. The smallest absolute Gasteiger partial charge is 0.315 e. The number of aryl methyl sites for hydroxylation is 2. The SMILES string of the molecule is Cc1nc(NC(=O)Cn2cnc3c2c(=O)n(C)c(=O)n3C)ccc1Br. The summed E-state index contributed by atoms with van der Waals surface area (Å²) in [7, 11) is 2.91. The van der Waals surface area contributed by atoms with Crippen LogP contribution in [-0.2, 0) is 25.4 Å². The summed E-state index contributed by atoms with van der Waals surface area (Å²) in [6.07, 6.45) is 1.37. The molecule has 3 rings (SSSR count). The predicted octanol–water partition coefficient (Wildman–Crippen LogP) is 0.538. The van der Waals surface area contributed by atoms with Crippen LogP contribution in [0.5, 0.6) is 0 Å². The normalized spacial score (nSPS) is 11.0. The van der Waals surface area contributed by atoms with Gasteiger partial charge in [0, 0.05) is 18.6 Å². The molecule has 3 aromatic heterocycles. The number of hydrogen-bond acceptors (Lipinski definition) is 5. The number of aromatic nitrogens is 5. The molecule has 0 spiro atoms. The maximum absolute atomic E-state index is 12.3. The van der Waals surface area contributed by atoms with Crippen molar-refractivity contribution in [3.05, 3.63) is 49.5 Å². The van der Waals surface area contributed by atoms with E-state index in [1.807, 2.05) is 6.92 Å². The van der Waals surface area contributed by atoms with Gasteiger partial charge in [0.05, 0.1) is 12.0 Å². The molecule has 3 aromatic rings. The second-order valence-electron chi connectivity index (χ2n) is 5.56. The first-order valence-corrected chi connectivity index (χ1v) is 8.12. The van der Waals surface area contributed by atoms with Gasteiger partial charge in [-0.05, 0) is 35.0 Å². The van der Waals surface area contributed by atoms with E-state index in [4.69, 9.17) is 0 Å². The first-order chi connectivity index (χ1) is 11.8. The Morgan fingerprint density at radius 1 is 1.24 bits per heavy atom. The third-order valence-electron chi connectivity index (χ3n) is 3.82. The van der Waals surface area contributed by atoms with Crippen molar-refractivity contribution < 1.29 is 4.79 Å². The summed E-state index contributed by atoms with van der Waals surface area (Å²) < 4.78 is 4.51. The van der Waals surface area contributed by atoms with E-state index in [2.05, 4.69) is 31.2 Å². The number of amides is 1. The molecule has 0 aliphatic heterocycles. The third-order valence-corrected chi connectivity index (χ3v) is 4.66. The molecule has 0 aliphatic rings. The molecule has 0 unspecified atom stereocenters. The number of hydrogen-bond donors (Lipinski definition) is 1. The van der Waals surface area contributed by atoms with E-state index in [1.54, 1.807) is 12.1 Å². The lowest BCUT2D eigenvalue weighted by molar-refractivity contribution is -0.116. The number of pyridine rings is 1. The third kappa shape index (κ3) is 3.00. The van der Waals surface area contributed by atoms with Gasteiger partial charge in [-0.1, -0.05) is 0 Å². The molecule has 1 N–H and O–H groups in total. The fourth-order valence-corrected chi connectivity index (χ4v) is 2.69. The lowest BCUT2D eigenvalue weighted by atomic mass is 10.3. The van der Waals surface area contributed by atoms with Crippen molar-refractivity contribution >= 4 is 38.8 Å². The minimum absolute atomic E-state index is 0.124. The van der Waals surface area contributed by atoms with Crippen molar-refractivity contribution in [1.82, 2.24) is 23.7 Å². The van der Waals surface area contributed by atoms with Crippen LogP contribution >= 0.6 is 15.9 Å². The maximum Gasteiger partial charge on any atom is 0.332 e. The van der Waals surface area contributed by atoms with Gasteiger partial charge in [0.2, 0.25) is 5.91 Å². The molecule has 0 bridgehead atoms. The minimum Gasteiger partial charge on any atom is -0.315 e. The van der Waals surface area contributed by atoms with Crippen LogP contribution in [0, 0.1) is 6.92 Å². The summed E-state index contributed by atoms with van der Waals surface area (Å²) >= 11 is 3.35. The molecule has 0 saturated heterocycles. The molecule has 0 radical (unpaired) electrons. The van der Waals surface area contributed by atoms with Crippen molar-refractivity contribution in [2.24, 2.45) is 14.1 Å². The zero-order valence-electron chi connectivity index (χ0n) is 13.8. The van der Waals surface area contributed by atoms with E-state index in [-0.39, 0.29) is 23.6 Å².